The molecular weight excluding hydrogens is 298 g/mol. The number of ether oxygens (including phenoxy) is 1. The molecule has 1 rings (SSSR count). The van der Waals surface area contributed by atoms with E-state index in [1.165, 1.54) is 20.1 Å². The van der Waals surface area contributed by atoms with Gasteiger partial charge in [0.15, 0.2) is 0 Å². The maximum atomic E-state index is 12.2. The Morgan fingerprint density at radius 2 is 2.05 bits per heavy atom. The van der Waals surface area contributed by atoms with Crippen molar-refractivity contribution in [1.29, 1.82) is 0 Å². The normalized spacial score (nSPS) is 14.5. The molecule has 1 atom stereocenters. The quantitative estimate of drug-likeness (QED) is 0.686. The Bertz CT molecular complexity index is 624. The largest absolute Gasteiger partial charge is 0.495 e. The Kier molecular flexibility index (Phi) is 5.32. The Morgan fingerprint density at radius 1 is 1.43 bits per heavy atom. The van der Waals surface area contributed by atoms with Crippen LogP contribution in [0, 0.1) is 0 Å². The van der Waals surface area contributed by atoms with Gasteiger partial charge in [0.05, 0.1) is 18.3 Å². The summed E-state index contributed by atoms with van der Waals surface area (Å²) < 4.78 is 31.6. The first kappa shape index (κ1) is 17.4. The molecule has 0 aliphatic carbocycles. The molecule has 7 nitrogen and oxygen atoms in total. The first-order chi connectivity index (χ1) is 9.63. The SMILES string of the molecule is CCC(C)(O)CNS(=O)(=O)c1ccc(C(=O)O)cc1OC. The average molecular weight is 317 g/mol. The Hall–Kier alpha value is -1.64. The second-order valence-electron chi connectivity index (χ2n) is 4.85. The van der Waals surface area contributed by atoms with Crippen LogP contribution in [0.4, 0.5) is 0 Å². The molecule has 8 heteroatoms. The van der Waals surface area contributed by atoms with E-state index >= 15 is 0 Å². The molecule has 0 saturated heterocycles. The van der Waals surface area contributed by atoms with E-state index in [0.717, 1.165) is 12.1 Å². The molecule has 0 bridgehead atoms. The van der Waals surface area contributed by atoms with Gasteiger partial charge in [0.2, 0.25) is 10.0 Å². The van der Waals surface area contributed by atoms with Gasteiger partial charge in [-0.3, -0.25) is 0 Å². The first-order valence-corrected chi connectivity index (χ1v) is 7.74. The minimum Gasteiger partial charge on any atom is -0.495 e. The van der Waals surface area contributed by atoms with Gasteiger partial charge in [-0.15, -0.1) is 0 Å². The van der Waals surface area contributed by atoms with Gasteiger partial charge < -0.3 is 14.9 Å². The Balaban J connectivity index is 3.11. The lowest BCUT2D eigenvalue weighted by Crippen LogP contribution is -2.40. The Labute approximate surface area is 123 Å². The summed E-state index contributed by atoms with van der Waals surface area (Å²) in [5.41, 5.74) is -1.24. The number of carbonyl (C=O) groups is 1. The van der Waals surface area contributed by atoms with Gasteiger partial charge in [-0.05, 0) is 31.5 Å². The van der Waals surface area contributed by atoms with Gasteiger partial charge in [0.1, 0.15) is 10.6 Å². The number of benzene rings is 1. The number of nitrogens with one attached hydrogen (secondary N) is 1. The number of hydrogen-bond donors (Lipinski definition) is 3. The summed E-state index contributed by atoms with van der Waals surface area (Å²) in [6.07, 6.45) is 0.380. The van der Waals surface area contributed by atoms with Crippen LogP contribution in [0.5, 0.6) is 5.75 Å². The van der Waals surface area contributed by atoms with Crippen molar-refractivity contribution in [3.05, 3.63) is 23.8 Å². The minimum absolute atomic E-state index is 0.0708. The topological polar surface area (TPSA) is 113 Å². The molecule has 0 aliphatic rings. The molecule has 21 heavy (non-hydrogen) atoms. The summed E-state index contributed by atoms with van der Waals surface area (Å²) in [6.45, 7) is 3.09. The predicted octanol–water partition coefficient (Wildman–Crippen LogP) is 0.833. The van der Waals surface area contributed by atoms with Crippen LogP contribution in [-0.4, -0.2) is 43.9 Å². The van der Waals surface area contributed by atoms with Gasteiger partial charge >= 0.3 is 5.97 Å². The number of aliphatic hydroxyl groups is 1. The molecule has 0 fully saturated rings. The molecule has 0 radical (unpaired) electrons. The van der Waals surface area contributed by atoms with E-state index in [1.807, 2.05) is 0 Å². The van der Waals surface area contributed by atoms with Crippen molar-refractivity contribution >= 4 is 16.0 Å². The molecular formula is C13H19NO6S. The van der Waals surface area contributed by atoms with E-state index in [2.05, 4.69) is 4.72 Å². The third kappa shape index (κ3) is 4.42. The third-order valence-electron chi connectivity index (χ3n) is 3.10. The van der Waals surface area contributed by atoms with E-state index in [4.69, 9.17) is 9.84 Å². The van der Waals surface area contributed by atoms with Crippen molar-refractivity contribution in [2.75, 3.05) is 13.7 Å². The summed E-state index contributed by atoms with van der Waals surface area (Å²) >= 11 is 0. The number of methoxy groups -OCH3 is 1. The van der Waals surface area contributed by atoms with E-state index in [1.54, 1.807) is 6.92 Å². The van der Waals surface area contributed by atoms with Crippen molar-refractivity contribution in [3.63, 3.8) is 0 Å². The summed E-state index contributed by atoms with van der Waals surface area (Å²) in [7, 11) is -2.66. The molecule has 1 aromatic carbocycles. The second-order valence-corrected chi connectivity index (χ2v) is 6.58. The molecule has 1 unspecified atom stereocenters. The van der Waals surface area contributed by atoms with Gasteiger partial charge in [-0.1, -0.05) is 6.92 Å². The molecule has 0 amide bonds. The predicted molar refractivity (Wildman–Crippen MR) is 76.1 cm³/mol. The van der Waals surface area contributed by atoms with Gasteiger partial charge in [-0.25, -0.2) is 17.9 Å². The summed E-state index contributed by atoms with van der Waals surface area (Å²) in [6, 6.07) is 3.47. The van der Waals surface area contributed by atoms with Crippen LogP contribution in [-0.2, 0) is 10.0 Å². The zero-order valence-corrected chi connectivity index (χ0v) is 12.9. The fraction of sp³-hybridized carbons (Fsp3) is 0.462. The molecule has 1 aromatic rings. The minimum atomic E-state index is -3.92. The van der Waals surface area contributed by atoms with E-state index in [-0.39, 0.29) is 22.8 Å². The van der Waals surface area contributed by atoms with Crippen molar-refractivity contribution in [2.24, 2.45) is 0 Å². The van der Waals surface area contributed by atoms with Crippen LogP contribution < -0.4 is 9.46 Å². The van der Waals surface area contributed by atoms with E-state index in [0.29, 0.717) is 6.42 Å². The highest BCUT2D eigenvalue weighted by Gasteiger charge is 2.25. The summed E-state index contributed by atoms with van der Waals surface area (Å²) in [5, 5.41) is 18.7. The second kappa shape index (κ2) is 6.42. The maximum Gasteiger partial charge on any atom is 0.335 e. The zero-order chi connectivity index (χ0) is 16.3. The molecule has 0 heterocycles. The Morgan fingerprint density at radius 3 is 2.52 bits per heavy atom. The highest BCUT2D eigenvalue weighted by atomic mass is 32.2. The van der Waals surface area contributed by atoms with Crippen LogP contribution in [0.25, 0.3) is 0 Å². The zero-order valence-electron chi connectivity index (χ0n) is 12.1. The lowest BCUT2D eigenvalue weighted by molar-refractivity contribution is 0.0613. The molecule has 3 N–H and O–H groups in total. The van der Waals surface area contributed by atoms with Crippen molar-refractivity contribution in [1.82, 2.24) is 4.72 Å². The molecule has 0 saturated carbocycles. The van der Waals surface area contributed by atoms with Crippen molar-refractivity contribution in [2.45, 2.75) is 30.8 Å². The van der Waals surface area contributed by atoms with Crippen LogP contribution >= 0.6 is 0 Å². The summed E-state index contributed by atoms with van der Waals surface area (Å²) in [5.74, 6) is -1.25. The van der Waals surface area contributed by atoms with E-state index in [9.17, 15) is 18.3 Å². The lowest BCUT2D eigenvalue weighted by atomic mass is 10.1. The van der Waals surface area contributed by atoms with Crippen molar-refractivity contribution < 1.29 is 28.2 Å². The highest BCUT2D eigenvalue weighted by Crippen LogP contribution is 2.25. The molecule has 0 aliphatic heterocycles. The number of hydrogen-bond acceptors (Lipinski definition) is 5. The number of carboxylic acids is 1. The number of aromatic carboxylic acids is 1. The molecule has 118 valence electrons. The van der Waals surface area contributed by atoms with Crippen LogP contribution in [0.2, 0.25) is 0 Å². The van der Waals surface area contributed by atoms with E-state index < -0.39 is 21.6 Å². The number of carboxylic acid groups (broad SMARTS) is 1. The number of sulfonamides is 1. The van der Waals surface area contributed by atoms with Crippen LogP contribution in [0.3, 0.4) is 0 Å². The fourth-order valence-electron chi connectivity index (χ4n) is 1.48. The number of rotatable bonds is 7. The van der Waals surface area contributed by atoms with Gasteiger partial charge in [0, 0.05) is 6.54 Å². The van der Waals surface area contributed by atoms with Crippen LogP contribution in [0.15, 0.2) is 23.1 Å². The molecule has 0 aromatic heterocycles. The van der Waals surface area contributed by atoms with Crippen molar-refractivity contribution in [3.8, 4) is 5.75 Å². The first-order valence-electron chi connectivity index (χ1n) is 6.26. The lowest BCUT2D eigenvalue weighted by Gasteiger charge is -2.22. The average Bonchev–Trinajstić information content (AvgIpc) is 2.44. The van der Waals surface area contributed by atoms with Crippen LogP contribution in [0.1, 0.15) is 30.6 Å². The summed E-state index contributed by atoms with van der Waals surface area (Å²) in [4.78, 5) is 10.7. The smallest absolute Gasteiger partial charge is 0.335 e. The monoisotopic (exact) mass is 317 g/mol. The standard InChI is InChI=1S/C13H19NO6S/c1-4-13(2,17)8-14-21(18,19)11-6-5-9(12(15)16)7-10(11)20-3/h5-7,14,17H,4,8H2,1-3H3,(H,15,16). The third-order valence-corrected chi connectivity index (χ3v) is 4.55. The highest BCUT2D eigenvalue weighted by molar-refractivity contribution is 7.89. The van der Waals surface area contributed by atoms with Gasteiger partial charge in [0.25, 0.3) is 0 Å². The van der Waals surface area contributed by atoms with Gasteiger partial charge in [-0.2, -0.15) is 0 Å². The molecule has 0 spiro atoms. The fourth-order valence-corrected chi connectivity index (χ4v) is 2.79. The maximum absolute atomic E-state index is 12.2.